The van der Waals surface area contributed by atoms with Crippen LogP contribution in [0, 0.1) is 0 Å². The molecule has 102 valence electrons. The van der Waals surface area contributed by atoms with Gasteiger partial charge in [0, 0.05) is 11.3 Å². The number of benzene rings is 2. The van der Waals surface area contributed by atoms with Crippen LogP contribution in [0.2, 0.25) is 0 Å². The van der Waals surface area contributed by atoms with E-state index in [1.165, 1.54) is 17.5 Å². The molecule has 0 heterocycles. The summed E-state index contributed by atoms with van der Waals surface area (Å²) in [6.45, 7) is 0. The number of rotatable bonds is 3. The highest BCUT2D eigenvalue weighted by molar-refractivity contribution is 6.11. The molecule has 0 atom stereocenters. The lowest BCUT2D eigenvalue weighted by atomic mass is 9.98. The predicted molar refractivity (Wildman–Crippen MR) is 79.3 cm³/mol. The van der Waals surface area contributed by atoms with Gasteiger partial charge in [-0.25, -0.2) is 0 Å². The second-order valence-electron chi connectivity index (χ2n) is 5.13. The summed E-state index contributed by atoms with van der Waals surface area (Å²) in [7, 11) is 1.56. The van der Waals surface area contributed by atoms with E-state index in [1.807, 2.05) is 12.1 Å². The number of ether oxygens (including phenoxy) is 1. The second-order valence-corrected chi connectivity index (χ2v) is 5.13. The Bertz CT molecular complexity index is 677. The molecule has 0 saturated carbocycles. The van der Waals surface area contributed by atoms with Gasteiger partial charge in [-0.1, -0.05) is 12.1 Å². The zero-order valence-corrected chi connectivity index (χ0v) is 11.5. The molecule has 3 nitrogen and oxygen atoms in total. The average Bonchev–Trinajstić information content (AvgIpc) is 2.93. The van der Waals surface area contributed by atoms with Crippen LogP contribution in [-0.4, -0.2) is 12.9 Å². The summed E-state index contributed by atoms with van der Waals surface area (Å²) >= 11 is 0. The molecule has 0 amide bonds. The van der Waals surface area contributed by atoms with Crippen molar-refractivity contribution >= 4 is 11.5 Å². The summed E-state index contributed by atoms with van der Waals surface area (Å²) in [6.07, 6.45) is 3.35. The third-order valence-corrected chi connectivity index (χ3v) is 3.83. The van der Waals surface area contributed by atoms with Crippen LogP contribution in [0.4, 0.5) is 5.69 Å². The Labute approximate surface area is 118 Å². The Morgan fingerprint density at radius 2 is 1.90 bits per heavy atom. The zero-order valence-electron chi connectivity index (χ0n) is 11.5. The lowest BCUT2D eigenvalue weighted by Gasteiger charge is -2.09. The van der Waals surface area contributed by atoms with E-state index in [0.717, 1.165) is 12.8 Å². The molecule has 2 aromatic carbocycles. The molecule has 0 aliphatic heterocycles. The molecule has 0 fully saturated rings. The van der Waals surface area contributed by atoms with Crippen LogP contribution in [-0.2, 0) is 12.8 Å². The van der Waals surface area contributed by atoms with Gasteiger partial charge in [-0.2, -0.15) is 0 Å². The first kappa shape index (κ1) is 12.7. The van der Waals surface area contributed by atoms with Crippen molar-refractivity contribution in [2.45, 2.75) is 19.3 Å². The molecule has 2 aromatic rings. The van der Waals surface area contributed by atoms with Gasteiger partial charge in [-0.05, 0) is 54.7 Å². The van der Waals surface area contributed by atoms with E-state index in [1.54, 1.807) is 25.3 Å². The Balaban J connectivity index is 2.02. The van der Waals surface area contributed by atoms with Crippen LogP contribution in [0.5, 0.6) is 5.75 Å². The topological polar surface area (TPSA) is 52.3 Å². The van der Waals surface area contributed by atoms with E-state index in [-0.39, 0.29) is 5.78 Å². The van der Waals surface area contributed by atoms with E-state index < -0.39 is 0 Å². The van der Waals surface area contributed by atoms with Gasteiger partial charge in [-0.3, -0.25) is 4.79 Å². The van der Waals surface area contributed by atoms with Crippen molar-refractivity contribution in [3.63, 3.8) is 0 Å². The van der Waals surface area contributed by atoms with Gasteiger partial charge in [-0.15, -0.1) is 0 Å². The number of methoxy groups -OCH3 is 1. The third kappa shape index (κ3) is 2.16. The minimum atomic E-state index is -0.0381. The molecule has 0 radical (unpaired) electrons. The summed E-state index contributed by atoms with van der Waals surface area (Å²) in [6, 6.07) is 11.1. The normalized spacial score (nSPS) is 13.1. The van der Waals surface area contributed by atoms with E-state index in [4.69, 9.17) is 10.5 Å². The highest BCUT2D eigenvalue weighted by Gasteiger charge is 2.18. The van der Waals surface area contributed by atoms with Gasteiger partial charge in [0.05, 0.1) is 12.7 Å². The number of nitrogen functional groups attached to an aromatic ring is 1. The van der Waals surface area contributed by atoms with Crippen molar-refractivity contribution < 1.29 is 9.53 Å². The molecule has 0 aromatic heterocycles. The van der Waals surface area contributed by atoms with Crippen molar-refractivity contribution in [1.29, 1.82) is 0 Å². The van der Waals surface area contributed by atoms with Crippen molar-refractivity contribution in [2.24, 2.45) is 0 Å². The van der Waals surface area contributed by atoms with Gasteiger partial charge in [0.1, 0.15) is 5.75 Å². The maximum Gasteiger partial charge on any atom is 0.196 e. The molecule has 1 aliphatic rings. The van der Waals surface area contributed by atoms with E-state index in [2.05, 4.69) is 6.07 Å². The Kier molecular flexibility index (Phi) is 3.18. The van der Waals surface area contributed by atoms with E-state index in [9.17, 15) is 4.79 Å². The Morgan fingerprint density at radius 3 is 2.70 bits per heavy atom. The molecular formula is C17H17NO2. The van der Waals surface area contributed by atoms with Gasteiger partial charge >= 0.3 is 0 Å². The lowest BCUT2D eigenvalue weighted by Crippen LogP contribution is -2.05. The van der Waals surface area contributed by atoms with E-state index >= 15 is 0 Å². The monoisotopic (exact) mass is 267 g/mol. The van der Waals surface area contributed by atoms with Crippen molar-refractivity contribution in [2.75, 3.05) is 12.8 Å². The number of carbonyl (C=O) groups excluding carboxylic acids is 1. The number of carbonyl (C=O) groups is 1. The largest absolute Gasteiger partial charge is 0.496 e. The van der Waals surface area contributed by atoms with Gasteiger partial charge in [0.2, 0.25) is 0 Å². The van der Waals surface area contributed by atoms with Gasteiger partial charge < -0.3 is 10.5 Å². The minimum Gasteiger partial charge on any atom is -0.496 e. The molecule has 3 rings (SSSR count). The first-order chi connectivity index (χ1) is 9.69. The van der Waals surface area contributed by atoms with Crippen LogP contribution in [0.15, 0.2) is 36.4 Å². The second kappa shape index (κ2) is 5.00. The molecule has 0 bridgehead atoms. The minimum absolute atomic E-state index is 0.0381. The molecule has 0 spiro atoms. The average molecular weight is 267 g/mol. The molecule has 0 unspecified atom stereocenters. The first-order valence-electron chi connectivity index (χ1n) is 6.79. The summed E-state index contributed by atoms with van der Waals surface area (Å²) < 4.78 is 5.26. The summed E-state index contributed by atoms with van der Waals surface area (Å²) in [5, 5.41) is 0. The SMILES string of the molecule is COc1ccc(N)cc1C(=O)c1ccc2c(c1)CCC2. The van der Waals surface area contributed by atoms with Crippen LogP contribution in [0.1, 0.15) is 33.5 Å². The fourth-order valence-corrected chi connectivity index (χ4v) is 2.77. The summed E-state index contributed by atoms with van der Waals surface area (Å²) in [5.74, 6) is 0.522. The molecule has 20 heavy (non-hydrogen) atoms. The van der Waals surface area contributed by atoms with Crippen molar-refractivity contribution in [3.05, 3.63) is 58.7 Å². The molecule has 3 heteroatoms. The standard InChI is InChI=1S/C17H17NO2/c1-20-16-8-7-14(18)10-15(16)17(19)13-6-5-11-3-2-4-12(11)9-13/h5-10H,2-4,18H2,1H3. The zero-order chi connectivity index (χ0) is 14.1. The lowest BCUT2D eigenvalue weighted by molar-refractivity contribution is 0.103. The van der Waals surface area contributed by atoms with Crippen LogP contribution in [0.3, 0.4) is 0 Å². The maximum atomic E-state index is 12.6. The quantitative estimate of drug-likeness (QED) is 0.687. The van der Waals surface area contributed by atoms with E-state index in [0.29, 0.717) is 22.6 Å². The number of hydrogen-bond donors (Lipinski definition) is 1. The number of aryl methyl sites for hydroxylation is 2. The number of nitrogens with two attached hydrogens (primary N) is 1. The molecule has 1 aliphatic carbocycles. The van der Waals surface area contributed by atoms with Crippen molar-refractivity contribution in [1.82, 2.24) is 0 Å². The number of anilines is 1. The molecule has 2 N–H and O–H groups in total. The Morgan fingerprint density at radius 1 is 1.10 bits per heavy atom. The first-order valence-corrected chi connectivity index (χ1v) is 6.79. The number of ketones is 1. The van der Waals surface area contributed by atoms with Gasteiger partial charge in [0.15, 0.2) is 5.78 Å². The fraction of sp³-hybridized carbons (Fsp3) is 0.235. The summed E-state index contributed by atoms with van der Waals surface area (Å²) in [4.78, 5) is 12.6. The number of fused-ring (bicyclic) bond motifs is 1. The molecular weight excluding hydrogens is 250 g/mol. The fourth-order valence-electron chi connectivity index (χ4n) is 2.77. The highest BCUT2D eigenvalue weighted by atomic mass is 16.5. The predicted octanol–water partition coefficient (Wildman–Crippen LogP) is 3.00. The number of hydrogen-bond acceptors (Lipinski definition) is 3. The van der Waals surface area contributed by atoms with Crippen LogP contribution in [0.25, 0.3) is 0 Å². The smallest absolute Gasteiger partial charge is 0.196 e. The highest BCUT2D eigenvalue weighted by Crippen LogP contribution is 2.27. The van der Waals surface area contributed by atoms with Crippen LogP contribution >= 0.6 is 0 Å². The maximum absolute atomic E-state index is 12.6. The molecule has 0 saturated heterocycles. The Hall–Kier alpha value is -2.29. The summed E-state index contributed by atoms with van der Waals surface area (Å²) in [5.41, 5.74) is 10.2. The van der Waals surface area contributed by atoms with Crippen molar-refractivity contribution in [3.8, 4) is 5.75 Å². The third-order valence-electron chi connectivity index (χ3n) is 3.83. The van der Waals surface area contributed by atoms with Crippen LogP contribution < -0.4 is 10.5 Å². The van der Waals surface area contributed by atoms with Gasteiger partial charge in [0.25, 0.3) is 0 Å².